The van der Waals surface area contributed by atoms with Crippen molar-refractivity contribution >= 4 is 29.9 Å². The Morgan fingerprint density at radius 3 is 2.77 bits per heavy atom. The topological polar surface area (TPSA) is 64.1 Å². The van der Waals surface area contributed by atoms with E-state index in [0.29, 0.717) is 6.79 Å². The molecule has 0 saturated heterocycles. The number of guanidine groups is 1. The molecular formula is C15H24IN3O3. The number of hydrogen-bond donors (Lipinski definition) is 2. The van der Waals surface area contributed by atoms with Crippen molar-refractivity contribution in [2.24, 2.45) is 4.99 Å². The number of benzene rings is 1. The lowest BCUT2D eigenvalue weighted by Gasteiger charge is -2.11. The van der Waals surface area contributed by atoms with Gasteiger partial charge in [-0.15, -0.1) is 24.0 Å². The van der Waals surface area contributed by atoms with E-state index in [1.54, 1.807) is 14.2 Å². The molecule has 0 aliphatic carbocycles. The quantitative estimate of drug-likeness (QED) is 0.304. The van der Waals surface area contributed by atoms with E-state index >= 15 is 0 Å². The number of nitrogens with zero attached hydrogens (tertiary/aromatic N) is 1. The predicted molar refractivity (Wildman–Crippen MR) is 97.5 cm³/mol. The molecule has 0 amide bonds. The van der Waals surface area contributed by atoms with Gasteiger partial charge in [-0.25, -0.2) is 0 Å². The second kappa shape index (κ2) is 10.5. The summed E-state index contributed by atoms with van der Waals surface area (Å²) in [4.78, 5) is 4.18. The summed E-state index contributed by atoms with van der Waals surface area (Å²) in [7, 11) is 3.48. The molecule has 0 spiro atoms. The van der Waals surface area contributed by atoms with Crippen LogP contribution in [0.5, 0.6) is 11.5 Å². The number of nitrogens with one attached hydrogen (secondary N) is 2. The summed E-state index contributed by atoms with van der Waals surface area (Å²) in [5.41, 5.74) is 1.21. The molecule has 0 fully saturated rings. The first-order valence-corrected chi connectivity index (χ1v) is 7.15. The third-order valence-corrected chi connectivity index (χ3v) is 3.18. The van der Waals surface area contributed by atoms with Gasteiger partial charge in [-0.3, -0.25) is 4.99 Å². The minimum Gasteiger partial charge on any atom is -0.454 e. The Hall–Kier alpha value is -1.22. The Morgan fingerprint density at radius 1 is 1.23 bits per heavy atom. The van der Waals surface area contributed by atoms with Crippen LogP contribution in [0, 0.1) is 0 Å². The lowest BCUT2D eigenvalue weighted by Crippen LogP contribution is -2.38. The highest BCUT2D eigenvalue weighted by Gasteiger charge is 2.12. The second-order valence-electron chi connectivity index (χ2n) is 4.71. The zero-order chi connectivity index (χ0) is 14.9. The van der Waals surface area contributed by atoms with Crippen molar-refractivity contribution < 1.29 is 14.2 Å². The van der Waals surface area contributed by atoms with Gasteiger partial charge in [0, 0.05) is 33.9 Å². The molecule has 2 rings (SSSR count). The van der Waals surface area contributed by atoms with Gasteiger partial charge >= 0.3 is 0 Å². The van der Waals surface area contributed by atoms with E-state index in [2.05, 4.69) is 21.7 Å². The van der Waals surface area contributed by atoms with Gasteiger partial charge in [0.2, 0.25) is 6.79 Å². The molecule has 2 N–H and O–H groups in total. The standard InChI is InChI=1S/C15H23N3O3.HI/c1-16-15(17-7-3-9-19-2)18-8-6-12-4-5-13-14(10-12)21-11-20-13;/h4-5,10H,3,6-9,11H2,1-2H3,(H2,16,17,18);1H. The number of rotatable bonds is 7. The fourth-order valence-electron chi connectivity index (χ4n) is 2.07. The van der Waals surface area contributed by atoms with Crippen LogP contribution in [0.3, 0.4) is 0 Å². The van der Waals surface area contributed by atoms with Crippen LogP contribution in [0.15, 0.2) is 23.2 Å². The van der Waals surface area contributed by atoms with Gasteiger partial charge < -0.3 is 24.8 Å². The Morgan fingerprint density at radius 2 is 2.00 bits per heavy atom. The highest BCUT2D eigenvalue weighted by molar-refractivity contribution is 14.0. The van der Waals surface area contributed by atoms with Gasteiger partial charge in [0.25, 0.3) is 0 Å². The van der Waals surface area contributed by atoms with Crippen molar-refractivity contribution in [2.45, 2.75) is 12.8 Å². The molecule has 0 aromatic heterocycles. The van der Waals surface area contributed by atoms with Crippen LogP contribution in [0.4, 0.5) is 0 Å². The summed E-state index contributed by atoms with van der Waals surface area (Å²) in [6.45, 7) is 2.72. The third kappa shape index (κ3) is 5.88. The summed E-state index contributed by atoms with van der Waals surface area (Å²) in [6.07, 6.45) is 1.86. The van der Waals surface area contributed by atoms with E-state index in [1.807, 2.05) is 12.1 Å². The SMILES string of the molecule is CN=C(NCCCOC)NCCc1ccc2c(c1)OCO2.I. The molecule has 6 nitrogen and oxygen atoms in total. The third-order valence-electron chi connectivity index (χ3n) is 3.18. The maximum absolute atomic E-state index is 5.37. The Kier molecular flexibility index (Phi) is 8.98. The first kappa shape index (κ1) is 18.8. The molecule has 0 unspecified atom stereocenters. The molecule has 0 saturated carbocycles. The predicted octanol–water partition coefficient (Wildman–Crippen LogP) is 1.78. The lowest BCUT2D eigenvalue weighted by molar-refractivity contribution is 0.174. The first-order valence-electron chi connectivity index (χ1n) is 7.15. The molecular weight excluding hydrogens is 397 g/mol. The van der Waals surface area contributed by atoms with Crippen LogP contribution in [0.2, 0.25) is 0 Å². The van der Waals surface area contributed by atoms with Crippen LogP contribution >= 0.6 is 24.0 Å². The van der Waals surface area contributed by atoms with Gasteiger partial charge in [-0.1, -0.05) is 6.07 Å². The van der Waals surface area contributed by atoms with Gasteiger partial charge in [-0.2, -0.15) is 0 Å². The van der Waals surface area contributed by atoms with Gasteiger partial charge in [-0.05, 0) is 30.5 Å². The van der Waals surface area contributed by atoms with Crippen LogP contribution in [-0.4, -0.2) is 46.6 Å². The van der Waals surface area contributed by atoms with Crippen molar-refractivity contribution in [1.29, 1.82) is 0 Å². The van der Waals surface area contributed by atoms with Crippen molar-refractivity contribution in [3.63, 3.8) is 0 Å². The Labute approximate surface area is 148 Å². The van der Waals surface area contributed by atoms with Crippen LogP contribution in [0.1, 0.15) is 12.0 Å². The van der Waals surface area contributed by atoms with E-state index in [4.69, 9.17) is 14.2 Å². The minimum atomic E-state index is 0. The summed E-state index contributed by atoms with van der Waals surface area (Å²) >= 11 is 0. The number of ether oxygens (including phenoxy) is 3. The molecule has 1 aromatic rings. The summed E-state index contributed by atoms with van der Waals surface area (Å²) in [6, 6.07) is 6.04. The zero-order valence-corrected chi connectivity index (χ0v) is 15.4. The van der Waals surface area contributed by atoms with Crippen molar-refractivity contribution in [3.8, 4) is 11.5 Å². The lowest BCUT2D eigenvalue weighted by atomic mass is 10.1. The van der Waals surface area contributed by atoms with Gasteiger partial charge in [0.15, 0.2) is 17.5 Å². The van der Waals surface area contributed by atoms with Crippen molar-refractivity contribution in [3.05, 3.63) is 23.8 Å². The molecule has 0 bridgehead atoms. The molecule has 1 aliphatic rings. The van der Waals surface area contributed by atoms with E-state index in [0.717, 1.165) is 50.0 Å². The van der Waals surface area contributed by atoms with Crippen LogP contribution in [0.25, 0.3) is 0 Å². The molecule has 22 heavy (non-hydrogen) atoms. The summed E-state index contributed by atoms with van der Waals surface area (Å²) in [5, 5.41) is 6.53. The second-order valence-corrected chi connectivity index (χ2v) is 4.71. The molecule has 1 aliphatic heterocycles. The van der Waals surface area contributed by atoms with E-state index in [9.17, 15) is 0 Å². The van der Waals surface area contributed by atoms with Crippen molar-refractivity contribution in [2.75, 3.05) is 40.6 Å². The molecule has 1 heterocycles. The van der Waals surface area contributed by atoms with Crippen LogP contribution < -0.4 is 20.1 Å². The number of aliphatic imine (C=N–C) groups is 1. The maximum Gasteiger partial charge on any atom is 0.231 e. The number of fused-ring (bicyclic) bond motifs is 1. The van der Waals surface area contributed by atoms with E-state index < -0.39 is 0 Å². The van der Waals surface area contributed by atoms with Gasteiger partial charge in [0.05, 0.1) is 0 Å². The normalized spacial score (nSPS) is 12.7. The van der Waals surface area contributed by atoms with E-state index in [-0.39, 0.29) is 24.0 Å². The Bertz CT molecular complexity index is 483. The molecule has 0 radical (unpaired) electrons. The summed E-state index contributed by atoms with van der Waals surface area (Å²) < 4.78 is 15.7. The van der Waals surface area contributed by atoms with E-state index in [1.165, 1.54) is 5.56 Å². The number of methoxy groups -OCH3 is 1. The minimum absolute atomic E-state index is 0. The zero-order valence-electron chi connectivity index (χ0n) is 13.1. The average Bonchev–Trinajstić information content (AvgIpc) is 2.97. The smallest absolute Gasteiger partial charge is 0.231 e. The summed E-state index contributed by atoms with van der Waals surface area (Å²) in [5.74, 6) is 2.46. The fraction of sp³-hybridized carbons (Fsp3) is 0.533. The monoisotopic (exact) mass is 421 g/mol. The number of hydrogen-bond acceptors (Lipinski definition) is 4. The molecule has 0 atom stereocenters. The Balaban J connectivity index is 0.00000242. The maximum atomic E-state index is 5.37. The molecule has 7 heteroatoms. The fourth-order valence-corrected chi connectivity index (χ4v) is 2.07. The average molecular weight is 421 g/mol. The first-order chi connectivity index (χ1) is 10.3. The highest BCUT2D eigenvalue weighted by atomic mass is 127. The van der Waals surface area contributed by atoms with Crippen LogP contribution in [-0.2, 0) is 11.2 Å². The molecule has 1 aromatic carbocycles. The van der Waals surface area contributed by atoms with Crippen molar-refractivity contribution in [1.82, 2.24) is 10.6 Å². The van der Waals surface area contributed by atoms with Gasteiger partial charge in [0.1, 0.15) is 0 Å². The highest BCUT2D eigenvalue weighted by Crippen LogP contribution is 2.32. The largest absolute Gasteiger partial charge is 0.454 e. The number of halogens is 1. The molecule has 124 valence electrons.